The zero-order valence-electron chi connectivity index (χ0n) is 8.01. The van der Waals surface area contributed by atoms with Gasteiger partial charge in [0.1, 0.15) is 0 Å². The molecule has 0 spiro atoms. The van der Waals surface area contributed by atoms with Crippen molar-refractivity contribution in [1.82, 2.24) is 9.80 Å². The van der Waals surface area contributed by atoms with Gasteiger partial charge in [-0.25, -0.2) is 0 Å². The van der Waals surface area contributed by atoms with Gasteiger partial charge in [0.25, 0.3) is 0 Å². The number of hydrogen-bond donors (Lipinski definition) is 3. The summed E-state index contributed by atoms with van der Waals surface area (Å²) in [4.78, 5) is 3.50. The summed E-state index contributed by atoms with van der Waals surface area (Å²) in [5.74, 6) is 0.519. The lowest BCUT2D eigenvalue weighted by Gasteiger charge is -2.19. The molecule has 8 heteroatoms. The van der Waals surface area contributed by atoms with Crippen molar-refractivity contribution in [1.29, 1.82) is 5.41 Å². The van der Waals surface area contributed by atoms with Crippen LogP contribution < -0.4 is 0 Å². The van der Waals surface area contributed by atoms with Crippen LogP contribution in [0.5, 0.6) is 0 Å². The Morgan fingerprint density at radius 3 is 1.23 bits per heavy atom. The Kier molecular flexibility index (Phi) is 6.46. The number of nitrogens with one attached hydrogen (secondary N) is 1. The Hall–Kier alpha value is -0.860. The fourth-order valence-corrected chi connectivity index (χ4v) is 0.400. The summed E-state index contributed by atoms with van der Waals surface area (Å²) in [6.07, 6.45) is 0. The first-order chi connectivity index (χ1) is 5.55. The van der Waals surface area contributed by atoms with Gasteiger partial charge in [-0.3, -0.25) is 14.5 Å². The molecular weight excluding hydrogens is 198 g/mol. The molecule has 0 saturated carbocycles. The van der Waals surface area contributed by atoms with Crippen LogP contribution >= 0.6 is 0 Å². The van der Waals surface area contributed by atoms with Crippen molar-refractivity contribution < 1.29 is 17.5 Å². The second kappa shape index (κ2) is 5.73. The average molecular weight is 213 g/mol. The zero-order chi connectivity index (χ0) is 11.2. The summed E-state index contributed by atoms with van der Waals surface area (Å²) in [6.45, 7) is 0. The molecule has 0 fully saturated rings. The molecule has 0 aliphatic heterocycles. The van der Waals surface area contributed by atoms with Crippen LogP contribution in [0.3, 0.4) is 0 Å². The summed E-state index contributed by atoms with van der Waals surface area (Å²) < 4.78 is 31.6. The molecule has 0 bridgehead atoms. The summed E-state index contributed by atoms with van der Waals surface area (Å²) in [5, 5.41) is 7.25. The van der Waals surface area contributed by atoms with E-state index in [1.54, 1.807) is 9.80 Å². The van der Waals surface area contributed by atoms with E-state index in [2.05, 4.69) is 0 Å². The summed E-state index contributed by atoms with van der Waals surface area (Å²) >= 11 is 0. The molecule has 0 aliphatic rings. The van der Waals surface area contributed by atoms with Gasteiger partial charge in [0.05, 0.1) is 0 Å². The molecule has 13 heavy (non-hydrogen) atoms. The van der Waals surface area contributed by atoms with E-state index in [1.165, 1.54) is 0 Å². The normalized spacial score (nSPS) is 9.69. The first-order valence-electron chi connectivity index (χ1n) is 3.18. The molecule has 0 aromatic heterocycles. The lowest BCUT2D eigenvalue weighted by atomic mass is 10.7. The molecule has 80 valence electrons. The smallest absolute Gasteiger partial charge is 0.349 e. The third-order valence-corrected chi connectivity index (χ3v) is 0.847. The second-order valence-electron chi connectivity index (χ2n) is 2.56. The van der Waals surface area contributed by atoms with E-state index in [0.717, 1.165) is 0 Å². The van der Waals surface area contributed by atoms with Gasteiger partial charge in [0.2, 0.25) is 0 Å². The molecule has 0 atom stereocenters. The van der Waals surface area contributed by atoms with Crippen LogP contribution in [0.2, 0.25) is 0 Å². The highest BCUT2D eigenvalue weighted by Gasteiger charge is 1.97. The standard InChI is InChI=1S/C5H13N3.H2O4S/c1-7(2)5(6)8(3)4;1-5(2,3)4/h6H,1-4H3;(H2,1,2,3,4). The molecule has 0 saturated heterocycles. The van der Waals surface area contributed by atoms with Crippen LogP contribution in [-0.4, -0.2) is 61.5 Å². The van der Waals surface area contributed by atoms with Crippen LogP contribution in [0.1, 0.15) is 0 Å². The highest BCUT2D eigenvalue weighted by molar-refractivity contribution is 7.79. The fourth-order valence-electron chi connectivity index (χ4n) is 0.400. The first kappa shape index (κ1) is 14.7. The Balaban J connectivity index is 0. The van der Waals surface area contributed by atoms with Crippen molar-refractivity contribution >= 4 is 16.4 Å². The van der Waals surface area contributed by atoms with Crippen LogP contribution in [0.25, 0.3) is 0 Å². The SMILES string of the molecule is CN(C)C(=N)N(C)C.O=S(=O)(O)O. The topological polar surface area (TPSA) is 105 Å². The molecular formula is C5H15N3O4S. The number of nitrogens with zero attached hydrogens (tertiary/aromatic N) is 2. The van der Waals surface area contributed by atoms with Gasteiger partial charge >= 0.3 is 10.4 Å². The van der Waals surface area contributed by atoms with Crippen molar-refractivity contribution in [2.45, 2.75) is 0 Å². The van der Waals surface area contributed by atoms with Crippen LogP contribution in [0.4, 0.5) is 0 Å². The molecule has 3 N–H and O–H groups in total. The third-order valence-electron chi connectivity index (χ3n) is 0.847. The minimum absolute atomic E-state index is 0.519. The van der Waals surface area contributed by atoms with Crippen molar-refractivity contribution in [2.75, 3.05) is 28.2 Å². The van der Waals surface area contributed by atoms with Crippen molar-refractivity contribution in [3.8, 4) is 0 Å². The Labute approximate surface area is 78.0 Å². The van der Waals surface area contributed by atoms with E-state index < -0.39 is 10.4 Å². The Morgan fingerprint density at radius 2 is 1.23 bits per heavy atom. The lowest BCUT2D eigenvalue weighted by Crippen LogP contribution is -2.34. The van der Waals surface area contributed by atoms with Crippen molar-refractivity contribution in [2.24, 2.45) is 0 Å². The van der Waals surface area contributed by atoms with Crippen molar-refractivity contribution in [3.63, 3.8) is 0 Å². The van der Waals surface area contributed by atoms with Gasteiger partial charge in [-0.15, -0.1) is 0 Å². The highest BCUT2D eigenvalue weighted by atomic mass is 32.3. The van der Waals surface area contributed by atoms with E-state index in [9.17, 15) is 0 Å². The van der Waals surface area contributed by atoms with Gasteiger partial charge in [-0.2, -0.15) is 8.42 Å². The molecule has 0 unspecified atom stereocenters. The number of guanidine groups is 1. The Bertz CT molecular complexity index is 229. The van der Waals surface area contributed by atoms with E-state index in [4.69, 9.17) is 22.9 Å². The zero-order valence-corrected chi connectivity index (χ0v) is 8.83. The third kappa shape index (κ3) is 18.3. The van der Waals surface area contributed by atoms with Crippen LogP contribution in [0, 0.1) is 5.41 Å². The summed E-state index contributed by atoms with van der Waals surface area (Å²) in [6, 6.07) is 0. The highest BCUT2D eigenvalue weighted by Crippen LogP contribution is 1.80. The molecule has 0 radical (unpaired) electrons. The second-order valence-corrected chi connectivity index (χ2v) is 3.46. The van der Waals surface area contributed by atoms with Gasteiger partial charge in [-0.1, -0.05) is 0 Å². The van der Waals surface area contributed by atoms with Gasteiger partial charge in [0, 0.05) is 28.2 Å². The maximum atomic E-state index is 8.74. The van der Waals surface area contributed by atoms with E-state index in [-0.39, 0.29) is 0 Å². The van der Waals surface area contributed by atoms with E-state index in [1.807, 2.05) is 28.2 Å². The molecule has 0 aliphatic carbocycles. The first-order valence-corrected chi connectivity index (χ1v) is 4.58. The largest absolute Gasteiger partial charge is 0.394 e. The minimum atomic E-state index is -4.67. The van der Waals surface area contributed by atoms with Gasteiger partial charge < -0.3 is 9.80 Å². The number of hydrogen-bond acceptors (Lipinski definition) is 3. The van der Waals surface area contributed by atoms with Gasteiger partial charge in [-0.05, 0) is 0 Å². The van der Waals surface area contributed by atoms with E-state index in [0.29, 0.717) is 5.96 Å². The van der Waals surface area contributed by atoms with Crippen molar-refractivity contribution in [3.05, 3.63) is 0 Å². The Morgan fingerprint density at radius 1 is 1.08 bits per heavy atom. The molecule has 0 aromatic rings. The molecule has 0 amide bonds. The predicted octanol–water partition coefficient (Wildman–Crippen LogP) is -0.608. The molecule has 0 aromatic carbocycles. The maximum absolute atomic E-state index is 8.74. The quantitative estimate of drug-likeness (QED) is 0.282. The van der Waals surface area contributed by atoms with E-state index >= 15 is 0 Å². The minimum Gasteiger partial charge on any atom is -0.349 e. The average Bonchev–Trinajstić information content (AvgIpc) is 1.81. The molecule has 7 nitrogen and oxygen atoms in total. The van der Waals surface area contributed by atoms with Gasteiger partial charge in [0.15, 0.2) is 5.96 Å². The van der Waals surface area contributed by atoms with Crippen LogP contribution in [-0.2, 0) is 10.4 Å². The predicted molar refractivity (Wildman–Crippen MR) is 49.3 cm³/mol. The van der Waals surface area contributed by atoms with Crippen LogP contribution in [0.15, 0.2) is 0 Å². The monoisotopic (exact) mass is 213 g/mol. The lowest BCUT2D eigenvalue weighted by molar-refractivity contribution is 0.381. The molecule has 0 rings (SSSR count). The fraction of sp³-hybridized carbons (Fsp3) is 0.800. The maximum Gasteiger partial charge on any atom is 0.394 e. The summed E-state index contributed by atoms with van der Waals surface area (Å²) in [7, 11) is 2.73. The number of rotatable bonds is 0. The molecule has 0 heterocycles. The summed E-state index contributed by atoms with van der Waals surface area (Å²) in [5.41, 5.74) is 0.